The van der Waals surface area contributed by atoms with E-state index in [9.17, 15) is 4.79 Å². The number of unbranched alkanes of at least 4 members (excludes halogenated alkanes) is 1. The van der Waals surface area contributed by atoms with Crippen LogP contribution in [-0.4, -0.2) is 29.9 Å². The van der Waals surface area contributed by atoms with Crippen molar-refractivity contribution in [1.29, 1.82) is 0 Å². The van der Waals surface area contributed by atoms with Crippen LogP contribution in [0.1, 0.15) is 58.8 Å². The van der Waals surface area contributed by atoms with Crippen LogP contribution in [0.3, 0.4) is 0 Å². The lowest BCUT2D eigenvalue weighted by molar-refractivity contribution is -0.134. The van der Waals surface area contributed by atoms with Crippen molar-refractivity contribution >= 4 is 5.91 Å². The van der Waals surface area contributed by atoms with Crippen molar-refractivity contribution < 1.29 is 4.79 Å². The minimum atomic E-state index is -0.292. The maximum atomic E-state index is 12.1. The molecule has 1 atom stereocenters. The van der Waals surface area contributed by atoms with Gasteiger partial charge in [-0.25, -0.2) is 0 Å². The number of hydrogen-bond acceptors (Lipinski definition) is 2. The van der Waals surface area contributed by atoms with Crippen molar-refractivity contribution in [1.82, 2.24) is 4.90 Å². The minimum absolute atomic E-state index is 0.137. The van der Waals surface area contributed by atoms with Crippen LogP contribution in [0, 0.1) is 5.92 Å². The third-order valence-corrected chi connectivity index (χ3v) is 4.07. The molecule has 3 nitrogen and oxygen atoms in total. The average molecular weight is 240 g/mol. The van der Waals surface area contributed by atoms with Gasteiger partial charge in [-0.3, -0.25) is 4.79 Å². The Morgan fingerprint density at radius 3 is 2.47 bits per heavy atom. The monoisotopic (exact) mass is 240 g/mol. The van der Waals surface area contributed by atoms with Crippen LogP contribution in [0.5, 0.6) is 0 Å². The first-order chi connectivity index (χ1) is 8.06. The summed E-state index contributed by atoms with van der Waals surface area (Å²) in [6.45, 7) is 4.43. The molecule has 0 aromatic heterocycles. The summed E-state index contributed by atoms with van der Waals surface area (Å²) in [5.74, 6) is 0.960. The summed E-state index contributed by atoms with van der Waals surface area (Å²) in [5.41, 5.74) is 5.95. The maximum Gasteiger partial charge on any atom is 0.239 e. The molecule has 0 spiro atoms. The largest absolute Gasteiger partial charge is 0.341 e. The highest BCUT2D eigenvalue weighted by molar-refractivity contribution is 5.81. The Hall–Kier alpha value is -0.570. The van der Waals surface area contributed by atoms with Crippen LogP contribution in [0.4, 0.5) is 0 Å². The highest BCUT2D eigenvalue weighted by Gasteiger charge is 2.27. The van der Waals surface area contributed by atoms with Crippen LogP contribution in [-0.2, 0) is 4.79 Å². The number of amides is 1. The molecule has 1 fully saturated rings. The molecule has 1 aliphatic rings. The standard InChI is InChI=1S/C14H28N2O/c1-4-5-6-13(15)14(17)16(3)12-9-7-11(2)8-10-12/h11-13H,4-10,15H2,1-3H3. The highest BCUT2D eigenvalue weighted by atomic mass is 16.2. The summed E-state index contributed by atoms with van der Waals surface area (Å²) in [6.07, 6.45) is 7.74. The zero-order valence-electron chi connectivity index (χ0n) is 11.6. The van der Waals surface area contributed by atoms with Crippen molar-refractivity contribution in [2.75, 3.05) is 7.05 Å². The fourth-order valence-corrected chi connectivity index (χ4v) is 2.62. The van der Waals surface area contributed by atoms with E-state index in [1.807, 2.05) is 11.9 Å². The summed E-state index contributed by atoms with van der Waals surface area (Å²) in [5, 5.41) is 0. The van der Waals surface area contributed by atoms with Crippen LogP contribution in [0.25, 0.3) is 0 Å². The number of likely N-dealkylation sites (N-methyl/N-ethyl adjacent to an activating group) is 1. The second kappa shape index (κ2) is 7.00. The van der Waals surface area contributed by atoms with E-state index in [-0.39, 0.29) is 11.9 Å². The van der Waals surface area contributed by atoms with Gasteiger partial charge in [0.2, 0.25) is 5.91 Å². The van der Waals surface area contributed by atoms with E-state index in [0.29, 0.717) is 6.04 Å². The number of nitrogens with zero attached hydrogens (tertiary/aromatic N) is 1. The Bertz CT molecular complexity index is 234. The van der Waals surface area contributed by atoms with Crippen LogP contribution in [0.15, 0.2) is 0 Å². The van der Waals surface area contributed by atoms with Gasteiger partial charge in [0.1, 0.15) is 0 Å². The van der Waals surface area contributed by atoms with E-state index in [0.717, 1.165) is 38.0 Å². The smallest absolute Gasteiger partial charge is 0.239 e. The fraction of sp³-hybridized carbons (Fsp3) is 0.929. The maximum absolute atomic E-state index is 12.1. The van der Waals surface area contributed by atoms with Gasteiger partial charge in [0.05, 0.1) is 6.04 Å². The number of carbonyl (C=O) groups excluding carboxylic acids is 1. The normalized spacial score (nSPS) is 26.6. The summed E-state index contributed by atoms with van der Waals surface area (Å²) < 4.78 is 0. The fourth-order valence-electron chi connectivity index (χ4n) is 2.62. The van der Waals surface area contributed by atoms with Crippen molar-refractivity contribution in [3.63, 3.8) is 0 Å². The molecule has 1 saturated carbocycles. The minimum Gasteiger partial charge on any atom is -0.341 e. The van der Waals surface area contributed by atoms with E-state index < -0.39 is 0 Å². The molecule has 1 amide bonds. The molecule has 1 aliphatic carbocycles. The van der Waals surface area contributed by atoms with Gasteiger partial charge in [-0.15, -0.1) is 0 Å². The first-order valence-electron chi connectivity index (χ1n) is 7.08. The van der Waals surface area contributed by atoms with Gasteiger partial charge in [-0.05, 0) is 38.0 Å². The molecule has 1 rings (SSSR count). The van der Waals surface area contributed by atoms with Gasteiger partial charge in [-0.1, -0.05) is 26.7 Å². The molecular formula is C14H28N2O. The Morgan fingerprint density at radius 2 is 1.94 bits per heavy atom. The first-order valence-corrected chi connectivity index (χ1v) is 7.08. The Kier molecular flexibility index (Phi) is 5.96. The summed E-state index contributed by atoms with van der Waals surface area (Å²) >= 11 is 0. The molecular weight excluding hydrogens is 212 g/mol. The summed E-state index contributed by atoms with van der Waals surface area (Å²) in [6, 6.07) is 0.130. The lowest BCUT2D eigenvalue weighted by atomic mass is 9.86. The predicted octanol–water partition coefficient (Wildman–Crippen LogP) is 2.54. The number of rotatable bonds is 5. The molecule has 17 heavy (non-hydrogen) atoms. The molecule has 2 N–H and O–H groups in total. The number of hydrogen-bond donors (Lipinski definition) is 1. The molecule has 1 unspecified atom stereocenters. The lowest BCUT2D eigenvalue weighted by Gasteiger charge is -2.34. The van der Waals surface area contributed by atoms with Gasteiger partial charge in [0.15, 0.2) is 0 Å². The number of carbonyl (C=O) groups is 1. The van der Waals surface area contributed by atoms with E-state index >= 15 is 0 Å². The Labute approximate surface area is 106 Å². The van der Waals surface area contributed by atoms with Gasteiger partial charge in [0.25, 0.3) is 0 Å². The van der Waals surface area contributed by atoms with Crippen LogP contribution < -0.4 is 5.73 Å². The van der Waals surface area contributed by atoms with Crippen molar-refractivity contribution in [2.45, 2.75) is 70.9 Å². The molecule has 0 bridgehead atoms. The molecule has 100 valence electrons. The zero-order chi connectivity index (χ0) is 12.8. The van der Waals surface area contributed by atoms with E-state index in [1.165, 1.54) is 12.8 Å². The lowest BCUT2D eigenvalue weighted by Crippen LogP contribution is -2.47. The van der Waals surface area contributed by atoms with Crippen LogP contribution in [0.2, 0.25) is 0 Å². The van der Waals surface area contributed by atoms with Gasteiger partial charge in [0, 0.05) is 13.1 Å². The average Bonchev–Trinajstić information content (AvgIpc) is 2.35. The molecule has 0 aromatic rings. The molecule has 0 radical (unpaired) electrons. The molecule has 3 heteroatoms. The molecule has 0 aromatic carbocycles. The highest BCUT2D eigenvalue weighted by Crippen LogP contribution is 2.26. The molecule has 0 heterocycles. The Morgan fingerprint density at radius 1 is 1.35 bits per heavy atom. The summed E-state index contributed by atoms with van der Waals surface area (Å²) in [7, 11) is 1.93. The number of nitrogens with two attached hydrogens (primary N) is 1. The topological polar surface area (TPSA) is 46.3 Å². The third-order valence-electron chi connectivity index (χ3n) is 4.07. The van der Waals surface area contributed by atoms with Crippen molar-refractivity contribution in [2.24, 2.45) is 11.7 Å². The Balaban J connectivity index is 2.40. The summed E-state index contributed by atoms with van der Waals surface area (Å²) in [4.78, 5) is 14.0. The van der Waals surface area contributed by atoms with Gasteiger partial charge in [-0.2, -0.15) is 0 Å². The van der Waals surface area contributed by atoms with E-state index in [1.54, 1.807) is 0 Å². The SMILES string of the molecule is CCCCC(N)C(=O)N(C)C1CCC(C)CC1. The molecule has 0 saturated heterocycles. The van der Waals surface area contributed by atoms with Crippen molar-refractivity contribution in [3.05, 3.63) is 0 Å². The second-order valence-corrected chi connectivity index (χ2v) is 5.61. The quantitative estimate of drug-likeness (QED) is 0.802. The van der Waals surface area contributed by atoms with Crippen LogP contribution >= 0.6 is 0 Å². The van der Waals surface area contributed by atoms with Gasteiger partial charge >= 0.3 is 0 Å². The van der Waals surface area contributed by atoms with Gasteiger partial charge < -0.3 is 10.6 Å². The van der Waals surface area contributed by atoms with E-state index in [2.05, 4.69) is 13.8 Å². The molecule has 0 aliphatic heterocycles. The second-order valence-electron chi connectivity index (χ2n) is 5.61. The van der Waals surface area contributed by atoms with E-state index in [4.69, 9.17) is 5.73 Å². The predicted molar refractivity (Wildman–Crippen MR) is 71.7 cm³/mol. The first kappa shape index (κ1) is 14.5. The third kappa shape index (κ3) is 4.30. The zero-order valence-corrected chi connectivity index (χ0v) is 11.6. The van der Waals surface area contributed by atoms with Crippen molar-refractivity contribution in [3.8, 4) is 0 Å².